The summed E-state index contributed by atoms with van der Waals surface area (Å²) >= 11 is 1.53. The second-order valence-corrected chi connectivity index (χ2v) is 8.74. The minimum atomic E-state index is 0.689. The van der Waals surface area contributed by atoms with Crippen LogP contribution in [0.2, 0.25) is 0 Å². The van der Waals surface area contributed by atoms with E-state index in [4.69, 9.17) is 19.6 Å². The average Bonchev–Trinajstić information content (AvgIpc) is 3.61. The summed E-state index contributed by atoms with van der Waals surface area (Å²) in [6, 6.07) is 23.7. The molecule has 0 saturated heterocycles. The number of hydrogen-bond donors (Lipinski definition) is 0. The van der Waals surface area contributed by atoms with Crippen LogP contribution in [0.4, 0.5) is 5.69 Å². The summed E-state index contributed by atoms with van der Waals surface area (Å²) in [6.45, 7) is 2.00. The van der Waals surface area contributed by atoms with Crippen LogP contribution in [0, 0.1) is 6.92 Å². The third-order valence-corrected chi connectivity index (χ3v) is 6.39. The molecule has 0 aliphatic rings. The summed E-state index contributed by atoms with van der Waals surface area (Å²) in [5.41, 5.74) is 5.08. The summed E-state index contributed by atoms with van der Waals surface area (Å²) in [7, 11) is 0. The van der Waals surface area contributed by atoms with Gasteiger partial charge in [0.25, 0.3) is 0 Å². The van der Waals surface area contributed by atoms with Crippen LogP contribution in [0.15, 0.2) is 111 Å². The summed E-state index contributed by atoms with van der Waals surface area (Å²) in [5, 5.41) is 12.7. The Morgan fingerprint density at radius 1 is 1.00 bits per heavy atom. The van der Waals surface area contributed by atoms with Crippen LogP contribution in [-0.4, -0.2) is 25.7 Å². The van der Waals surface area contributed by atoms with Crippen molar-refractivity contribution in [1.82, 2.24) is 19.4 Å². The molecule has 0 fully saturated rings. The zero-order chi connectivity index (χ0) is 23.6. The Kier molecular flexibility index (Phi) is 5.40. The smallest absolute Gasteiger partial charge is 0.211 e. The molecule has 0 atom stereocenters. The largest absolute Gasteiger partial charge is 0.454 e. The zero-order valence-electron chi connectivity index (χ0n) is 18.8. The number of benzene rings is 2. The molecule has 0 aliphatic heterocycles. The highest BCUT2D eigenvalue weighted by atomic mass is 32.1. The Morgan fingerprint density at radius 3 is 2.69 bits per heavy atom. The number of fused-ring (bicyclic) bond motifs is 1. The molecule has 6 aromatic rings. The van der Waals surface area contributed by atoms with E-state index in [2.05, 4.69) is 4.98 Å². The van der Waals surface area contributed by atoms with E-state index >= 15 is 0 Å². The van der Waals surface area contributed by atoms with E-state index in [1.807, 2.05) is 101 Å². The van der Waals surface area contributed by atoms with Gasteiger partial charge in [0.1, 0.15) is 11.3 Å². The number of hydrogen-bond acceptors (Lipinski definition) is 6. The quantitative estimate of drug-likeness (QED) is 0.288. The van der Waals surface area contributed by atoms with E-state index in [0.29, 0.717) is 11.5 Å². The van der Waals surface area contributed by atoms with Gasteiger partial charge in [-0.05, 0) is 43.3 Å². The lowest BCUT2D eigenvalue weighted by Crippen LogP contribution is -2.11. The molecule has 170 valence electrons. The molecule has 4 aromatic heterocycles. The minimum absolute atomic E-state index is 0.689. The first-order valence-electron chi connectivity index (χ1n) is 11.0. The number of nitrogens with zero attached hydrogens (tertiary/aromatic N) is 6. The first-order chi connectivity index (χ1) is 17.2. The van der Waals surface area contributed by atoms with Crippen molar-refractivity contribution < 1.29 is 4.42 Å². The maximum absolute atomic E-state index is 6.14. The fourth-order valence-corrected chi connectivity index (χ4v) is 4.56. The fourth-order valence-electron chi connectivity index (χ4n) is 3.74. The maximum Gasteiger partial charge on any atom is 0.211 e. The number of para-hydroxylation sites is 2. The molecule has 2 aromatic carbocycles. The van der Waals surface area contributed by atoms with Gasteiger partial charge in [-0.15, -0.1) is 11.3 Å². The van der Waals surface area contributed by atoms with E-state index in [1.54, 1.807) is 18.6 Å². The molecule has 0 spiro atoms. The van der Waals surface area contributed by atoms with E-state index in [9.17, 15) is 0 Å². The Bertz CT molecular complexity index is 1670. The standard InChI is InChI=1S/C27H20N6OS/c1-19-18-35-27(30-22-9-7-13-28-16-22)33(19)29-15-21-17-32(23-10-3-2-4-11-23)31-26(21)25-14-20-8-5-6-12-24(20)34-25/h2-18H,1H3. The predicted octanol–water partition coefficient (Wildman–Crippen LogP) is 5.97. The SMILES string of the molecule is Cc1csc(=Nc2cccnc2)n1N=Cc1cn(-c2ccccc2)nc1-c1cc2ccccc2o1. The molecule has 0 radical (unpaired) electrons. The Hall–Kier alpha value is -4.56. The number of furan rings is 1. The van der Waals surface area contributed by atoms with Crippen molar-refractivity contribution in [3.63, 3.8) is 0 Å². The van der Waals surface area contributed by atoms with Crippen molar-refractivity contribution in [2.75, 3.05) is 0 Å². The third kappa shape index (κ3) is 4.22. The van der Waals surface area contributed by atoms with Gasteiger partial charge in [-0.3, -0.25) is 4.98 Å². The number of pyridine rings is 1. The second kappa shape index (κ2) is 9.00. The van der Waals surface area contributed by atoms with E-state index in [1.165, 1.54) is 11.3 Å². The first kappa shape index (κ1) is 21.0. The van der Waals surface area contributed by atoms with Crippen molar-refractivity contribution >= 4 is 34.2 Å². The van der Waals surface area contributed by atoms with Gasteiger partial charge in [0.05, 0.1) is 29.5 Å². The van der Waals surface area contributed by atoms with Gasteiger partial charge < -0.3 is 4.42 Å². The fraction of sp³-hybridized carbons (Fsp3) is 0.0370. The summed E-state index contributed by atoms with van der Waals surface area (Å²) in [4.78, 5) is 9.61. The molecule has 4 heterocycles. The Morgan fingerprint density at radius 2 is 1.86 bits per heavy atom. The zero-order valence-corrected chi connectivity index (χ0v) is 19.6. The number of aryl methyl sites for hydroxylation is 1. The van der Waals surface area contributed by atoms with Crippen LogP contribution in [0.5, 0.6) is 0 Å². The van der Waals surface area contributed by atoms with Crippen LogP contribution >= 0.6 is 11.3 Å². The minimum Gasteiger partial charge on any atom is -0.454 e. The van der Waals surface area contributed by atoms with Crippen molar-refractivity contribution in [3.05, 3.63) is 113 Å². The lowest BCUT2D eigenvalue weighted by Gasteiger charge is -1.98. The van der Waals surface area contributed by atoms with Gasteiger partial charge >= 0.3 is 0 Å². The molecule has 0 saturated carbocycles. The highest BCUT2D eigenvalue weighted by Gasteiger charge is 2.16. The molecule has 0 N–H and O–H groups in total. The maximum atomic E-state index is 6.14. The van der Waals surface area contributed by atoms with Crippen LogP contribution < -0.4 is 4.80 Å². The molecule has 7 nitrogen and oxygen atoms in total. The first-order valence-corrected chi connectivity index (χ1v) is 11.9. The topological polar surface area (TPSA) is 73.5 Å². The number of rotatable bonds is 5. The lowest BCUT2D eigenvalue weighted by atomic mass is 10.2. The molecule has 0 unspecified atom stereocenters. The van der Waals surface area contributed by atoms with Crippen LogP contribution in [0.25, 0.3) is 28.1 Å². The van der Waals surface area contributed by atoms with Crippen molar-refractivity contribution in [3.8, 4) is 17.1 Å². The molecule has 0 bridgehead atoms. The molecular weight excluding hydrogens is 456 g/mol. The molecule has 35 heavy (non-hydrogen) atoms. The molecule has 0 amide bonds. The van der Waals surface area contributed by atoms with Crippen LogP contribution in [-0.2, 0) is 0 Å². The van der Waals surface area contributed by atoms with Gasteiger partial charge in [0, 0.05) is 28.7 Å². The van der Waals surface area contributed by atoms with Crippen molar-refractivity contribution in [2.24, 2.45) is 10.1 Å². The number of aromatic nitrogens is 4. The van der Waals surface area contributed by atoms with E-state index < -0.39 is 0 Å². The van der Waals surface area contributed by atoms with Gasteiger partial charge in [-0.2, -0.15) is 10.2 Å². The molecule has 0 aliphatic carbocycles. The number of thiazole rings is 1. The lowest BCUT2D eigenvalue weighted by molar-refractivity contribution is 0.627. The average molecular weight is 477 g/mol. The Balaban J connectivity index is 1.46. The van der Waals surface area contributed by atoms with Gasteiger partial charge in [-0.1, -0.05) is 36.4 Å². The summed E-state index contributed by atoms with van der Waals surface area (Å²) in [6.07, 6.45) is 7.22. The Labute approximate surface area is 205 Å². The van der Waals surface area contributed by atoms with Crippen LogP contribution in [0.1, 0.15) is 11.3 Å². The monoisotopic (exact) mass is 476 g/mol. The summed E-state index contributed by atoms with van der Waals surface area (Å²) in [5.74, 6) is 0.689. The highest BCUT2D eigenvalue weighted by molar-refractivity contribution is 7.07. The molecule has 8 heteroatoms. The summed E-state index contributed by atoms with van der Waals surface area (Å²) < 4.78 is 9.80. The third-order valence-electron chi connectivity index (χ3n) is 5.46. The predicted molar refractivity (Wildman–Crippen MR) is 138 cm³/mol. The van der Waals surface area contributed by atoms with Crippen molar-refractivity contribution in [1.29, 1.82) is 0 Å². The highest BCUT2D eigenvalue weighted by Crippen LogP contribution is 2.29. The normalized spacial score (nSPS) is 12.2. The van der Waals surface area contributed by atoms with E-state index in [-0.39, 0.29) is 0 Å². The van der Waals surface area contributed by atoms with E-state index in [0.717, 1.165) is 38.4 Å². The van der Waals surface area contributed by atoms with Gasteiger partial charge in [0.2, 0.25) is 4.80 Å². The van der Waals surface area contributed by atoms with Gasteiger partial charge in [-0.25, -0.2) is 14.4 Å². The second-order valence-electron chi connectivity index (χ2n) is 7.90. The molecule has 6 rings (SSSR count). The van der Waals surface area contributed by atoms with Crippen molar-refractivity contribution in [2.45, 2.75) is 6.92 Å². The molecular formula is C27H20N6OS. The van der Waals surface area contributed by atoms with Gasteiger partial charge in [0.15, 0.2) is 5.76 Å². The van der Waals surface area contributed by atoms with Crippen LogP contribution in [0.3, 0.4) is 0 Å².